The van der Waals surface area contributed by atoms with E-state index in [4.69, 9.17) is 21.6 Å². The number of rotatable bonds is 4. The van der Waals surface area contributed by atoms with Gasteiger partial charge in [0.15, 0.2) is 0 Å². The highest BCUT2D eigenvalue weighted by molar-refractivity contribution is 6.30. The number of carbonyl (C=O) groups is 1. The number of halogens is 1. The Hall–Kier alpha value is -2.84. The van der Waals surface area contributed by atoms with Crippen molar-refractivity contribution in [2.45, 2.75) is 12.5 Å². The Morgan fingerprint density at radius 2 is 1.88 bits per heavy atom. The van der Waals surface area contributed by atoms with Crippen LogP contribution in [0.1, 0.15) is 23.7 Å². The quantitative estimate of drug-likeness (QED) is 0.856. The van der Waals surface area contributed by atoms with E-state index in [1.165, 1.54) is 5.01 Å². The minimum atomic E-state index is -0.784. The third-order valence-electron chi connectivity index (χ3n) is 3.55. The molecule has 24 heavy (non-hydrogen) atoms. The van der Waals surface area contributed by atoms with Crippen molar-refractivity contribution in [3.63, 3.8) is 0 Å². The molecule has 6 heteroatoms. The predicted molar refractivity (Wildman–Crippen MR) is 90.2 cm³/mol. The van der Waals surface area contributed by atoms with Crippen molar-refractivity contribution in [1.29, 1.82) is 5.26 Å². The lowest BCUT2D eigenvalue weighted by Crippen LogP contribution is -2.39. The Labute approximate surface area is 144 Å². The second-order valence-corrected chi connectivity index (χ2v) is 5.63. The van der Waals surface area contributed by atoms with Gasteiger partial charge >= 0.3 is 0 Å². The normalized spacial score (nSPS) is 17.0. The van der Waals surface area contributed by atoms with Gasteiger partial charge in [0.2, 0.25) is 12.0 Å². The van der Waals surface area contributed by atoms with E-state index in [9.17, 15) is 4.79 Å². The van der Waals surface area contributed by atoms with Crippen molar-refractivity contribution < 1.29 is 9.53 Å². The SMILES string of the molecule is N#CCCN1N=C(c2ccc(Cl)cc2)OC(c2ccccc2)C1=O. The molecule has 0 bridgehead atoms. The van der Waals surface area contributed by atoms with E-state index < -0.39 is 6.10 Å². The van der Waals surface area contributed by atoms with Crippen LogP contribution in [-0.4, -0.2) is 23.4 Å². The van der Waals surface area contributed by atoms with Crippen molar-refractivity contribution >= 4 is 23.4 Å². The highest BCUT2D eigenvalue weighted by Crippen LogP contribution is 2.27. The minimum absolute atomic E-state index is 0.199. The van der Waals surface area contributed by atoms with Gasteiger partial charge < -0.3 is 4.74 Å². The van der Waals surface area contributed by atoms with Gasteiger partial charge in [-0.1, -0.05) is 41.9 Å². The number of hydrazone groups is 1. The fourth-order valence-electron chi connectivity index (χ4n) is 2.35. The first kappa shape index (κ1) is 16.0. The average molecular weight is 340 g/mol. The Morgan fingerprint density at radius 3 is 2.54 bits per heavy atom. The summed E-state index contributed by atoms with van der Waals surface area (Å²) < 4.78 is 5.85. The molecule has 5 nitrogen and oxygen atoms in total. The van der Waals surface area contributed by atoms with E-state index in [-0.39, 0.29) is 18.9 Å². The molecule has 2 aromatic carbocycles. The number of carbonyl (C=O) groups excluding carboxylic acids is 1. The number of nitrogens with zero attached hydrogens (tertiary/aromatic N) is 3. The Kier molecular flexibility index (Phi) is 4.78. The van der Waals surface area contributed by atoms with E-state index in [2.05, 4.69) is 5.10 Å². The van der Waals surface area contributed by atoms with Gasteiger partial charge in [0.25, 0.3) is 5.91 Å². The molecule has 2 aromatic rings. The minimum Gasteiger partial charge on any atom is -0.458 e. The van der Waals surface area contributed by atoms with Gasteiger partial charge in [-0.15, -0.1) is 5.10 Å². The molecular weight excluding hydrogens is 326 g/mol. The topological polar surface area (TPSA) is 65.7 Å². The van der Waals surface area contributed by atoms with Gasteiger partial charge in [-0.25, -0.2) is 5.01 Å². The maximum atomic E-state index is 12.6. The van der Waals surface area contributed by atoms with Gasteiger partial charge in [-0.2, -0.15) is 5.26 Å². The van der Waals surface area contributed by atoms with Gasteiger partial charge in [-0.3, -0.25) is 4.79 Å². The van der Waals surface area contributed by atoms with Crippen LogP contribution in [0.4, 0.5) is 0 Å². The Bertz CT molecular complexity index is 797. The maximum Gasteiger partial charge on any atom is 0.288 e. The van der Waals surface area contributed by atoms with Crippen LogP contribution >= 0.6 is 11.6 Å². The summed E-state index contributed by atoms with van der Waals surface area (Å²) in [6, 6.07) is 18.3. The van der Waals surface area contributed by atoms with Gasteiger partial charge in [-0.05, 0) is 24.3 Å². The second-order valence-electron chi connectivity index (χ2n) is 5.19. The van der Waals surface area contributed by atoms with Crippen molar-refractivity contribution in [3.8, 4) is 6.07 Å². The molecule has 0 N–H and O–H groups in total. The number of benzene rings is 2. The molecule has 0 saturated heterocycles. The first-order chi connectivity index (χ1) is 11.7. The van der Waals surface area contributed by atoms with Crippen molar-refractivity contribution in [3.05, 3.63) is 70.7 Å². The molecule has 0 aromatic heterocycles. The molecule has 0 spiro atoms. The van der Waals surface area contributed by atoms with Crippen LogP contribution in [-0.2, 0) is 9.53 Å². The largest absolute Gasteiger partial charge is 0.458 e. The van der Waals surface area contributed by atoms with Crippen LogP contribution in [0.2, 0.25) is 5.02 Å². The standard InChI is InChI=1S/C18H14ClN3O2/c19-15-9-7-14(8-10-15)17-21-22(12-4-11-20)18(23)16(24-17)13-5-2-1-3-6-13/h1-3,5-10,16H,4,12H2. The fraction of sp³-hybridized carbons (Fsp3) is 0.167. The monoisotopic (exact) mass is 339 g/mol. The zero-order valence-corrected chi connectivity index (χ0v) is 13.5. The first-order valence-electron chi connectivity index (χ1n) is 7.43. The Morgan fingerprint density at radius 1 is 1.17 bits per heavy atom. The molecule has 3 rings (SSSR count). The summed E-state index contributed by atoms with van der Waals surface area (Å²) in [6.07, 6.45) is -0.585. The zero-order valence-electron chi connectivity index (χ0n) is 12.7. The van der Waals surface area contributed by atoms with Crippen LogP contribution < -0.4 is 0 Å². The fourth-order valence-corrected chi connectivity index (χ4v) is 2.48. The van der Waals surface area contributed by atoms with Gasteiger partial charge in [0.05, 0.1) is 19.0 Å². The van der Waals surface area contributed by atoms with Gasteiger partial charge in [0.1, 0.15) is 0 Å². The van der Waals surface area contributed by atoms with Crippen LogP contribution in [0.5, 0.6) is 0 Å². The van der Waals surface area contributed by atoms with E-state index in [1.807, 2.05) is 36.4 Å². The lowest BCUT2D eigenvalue weighted by atomic mass is 10.1. The molecule has 0 saturated carbocycles. The molecule has 1 unspecified atom stereocenters. The highest BCUT2D eigenvalue weighted by atomic mass is 35.5. The van der Waals surface area contributed by atoms with Crippen LogP contribution in [0.25, 0.3) is 0 Å². The molecule has 0 radical (unpaired) electrons. The summed E-state index contributed by atoms with van der Waals surface area (Å²) >= 11 is 5.91. The summed E-state index contributed by atoms with van der Waals surface area (Å²) in [6.45, 7) is 0.221. The van der Waals surface area contributed by atoms with Crippen LogP contribution in [0.15, 0.2) is 59.7 Å². The molecule has 1 aliphatic heterocycles. The summed E-state index contributed by atoms with van der Waals surface area (Å²) in [5, 5.41) is 15.0. The lowest BCUT2D eigenvalue weighted by molar-refractivity contribution is -0.142. The van der Waals surface area contributed by atoms with E-state index >= 15 is 0 Å². The molecule has 1 heterocycles. The van der Waals surface area contributed by atoms with E-state index in [0.29, 0.717) is 10.9 Å². The van der Waals surface area contributed by atoms with Crippen molar-refractivity contribution in [2.75, 3.05) is 6.54 Å². The zero-order chi connectivity index (χ0) is 16.9. The van der Waals surface area contributed by atoms with Crippen molar-refractivity contribution in [1.82, 2.24) is 5.01 Å². The van der Waals surface area contributed by atoms with Crippen LogP contribution in [0.3, 0.4) is 0 Å². The summed E-state index contributed by atoms with van der Waals surface area (Å²) in [5.74, 6) is 0.0484. The third-order valence-corrected chi connectivity index (χ3v) is 3.80. The number of hydrogen-bond donors (Lipinski definition) is 0. The van der Waals surface area contributed by atoms with Crippen molar-refractivity contribution in [2.24, 2.45) is 5.10 Å². The van der Waals surface area contributed by atoms with E-state index in [1.54, 1.807) is 24.3 Å². The summed E-state index contributed by atoms with van der Waals surface area (Å²) in [5.41, 5.74) is 1.46. The predicted octanol–water partition coefficient (Wildman–Crippen LogP) is 3.52. The molecule has 120 valence electrons. The molecule has 1 atom stereocenters. The van der Waals surface area contributed by atoms with Gasteiger partial charge in [0, 0.05) is 16.1 Å². The number of hydrogen-bond acceptors (Lipinski definition) is 4. The molecular formula is C18H14ClN3O2. The molecule has 0 aliphatic carbocycles. The number of ether oxygens (including phenoxy) is 1. The summed E-state index contributed by atoms with van der Waals surface area (Å²) in [7, 11) is 0. The molecule has 0 fully saturated rings. The number of amides is 1. The van der Waals surface area contributed by atoms with E-state index in [0.717, 1.165) is 11.1 Å². The highest BCUT2D eigenvalue weighted by Gasteiger charge is 2.33. The summed E-state index contributed by atoms with van der Waals surface area (Å²) in [4.78, 5) is 12.6. The maximum absolute atomic E-state index is 12.6. The molecule has 1 amide bonds. The first-order valence-corrected chi connectivity index (χ1v) is 7.81. The smallest absolute Gasteiger partial charge is 0.288 e. The average Bonchev–Trinajstić information content (AvgIpc) is 2.62. The van der Waals surface area contributed by atoms with Crippen LogP contribution in [0, 0.1) is 11.3 Å². The molecule has 1 aliphatic rings. The third kappa shape index (κ3) is 3.39. The number of nitriles is 1. The second kappa shape index (κ2) is 7.16. The lowest BCUT2D eigenvalue weighted by Gasteiger charge is -2.29. The Balaban J connectivity index is 1.96.